The number of rotatable bonds is 7. The van der Waals surface area contributed by atoms with Crippen LogP contribution >= 0.6 is 0 Å². The Labute approximate surface area is 106 Å². The summed E-state index contributed by atoms with van der Waals surface area (Å²) in [6, 6.07) is 0. The van der Waals surface area contributed by atoms with Crippen LogP contribution in [-0.2, 0) is 23.9 Å². The highest BCUT2D eigenvalue weighted by Gasteiger charge is 2.19. The summed E-state index contributed by atoms with van der Waals surface area (Å²) >= 11 is 0. The minimum atomic E-state index is -0.786. The van der Waals surface area contributed by atoms with E-state index in [2.05, 4.69) is 6.58 Å². The van der Waals surface area contributed by atoms with Gasteiger partial charge in [-0.3, -0.25) is 4.79 Å². The summed E-state index contributed by atoms with van der Waals surface area (Å²) in [6.07, 6.45) is 4.73. The molecule has 0 rings (SSSR count). The lowest BCUT2D eigenvalue weighted by atomic mass is 10.2. The Kier molecular flexibility index (Phi) is 7.85. The van der Waals surface area contributed by atoms with E-state index in [-0.39, 0.29) is 24.6 Å². The Morgan fingerprint density at radius 2 is 1.56 bits per heavy atom. The minimum absolute atomic E-state index is 0.144. The first-order valence-electron chi connectivity index (χ1n) is 5.45. The van der Waals surface area contributed by atoms with Crippen molar-refractivity contribution >= 4 is 17.7 Å². The van der Waals surface area contributed by atoms with Gasteiger partial charge < -0.3 is 9.47 Å². The first-order chi connectivity index (χ1) is 8.56. The molecule has 0 amide bonds. The Bertz CT molecular complexity index is 370. The average Bonchev–Trinajstić information content (AvgIpc) is 2.34. The summed E-state index contributed by atoms with van der Waals surface area (Å²) in [5, 5.41) is 0. The Hall–Kier alpha value is -2.17. The minimum Gasteiger partial charge on any atom is -0.462 e. The van der Waals surface area contributed by atoms with Gasteiger partial charge in [-0.25, -0.2) is 9.59 Å². The van der Waals surface area contributed by atoms with Crippen LogP contribution in [0, 0.1) is 0 Å². The lowest BCUT2D eigenvalue weighted by Crippen LogP contribution is -2.18. The van der Waals surface area contributed by atoms with Gasteiger partial charge in [0.1, 0.15) is 5.57 Å². The molecular formula is C13H16O5. The molecule has 18 heavy (non-hydrogen) atoms. The molecular weight excluding hydrogens is 236 g/mol. The Morgan fingerprint density at radius 1 is 1.06 bits per heavy atom. The molecule has 0 unspecified atom stereocenters. The number of esters is 2. The second-order valence-electron chi connectivity index (χ2n) is 2.99. The zero-order chi connectivity index (χ0) is 14.0. The second-order valence-corrected chi connectivity index (χ2v) is 2.99. The van der Waals surface area contributed by atoms with Crippen LogP contribution in [0.5, 0.6) is 0 Å². The largest absolute Gasteiger partial charge is 0.462 e. The Morgan fingerprint density at radius 3 is 1.94 bits per heavy atom. The van der Waals surface area contributed by atoms with Gasteiger partial charge in [0.15, 0.2) is 5.78 Å². The maximum Gasteiger partial charge on any atom is 0.345 e. The molecule has 98 valence electrons. The molecule has 0 aromatic carbocycles. The van der Waals surface area contributed by atoms with Gasteiger partial charge in [-0.1, -0.05) is 12.7 Å². The van der Waals surface area contributed by atoms with Crippen LogP contribution in [0.1, 0.15) is 13.8 Å². The van der Waals surface area contributed by atoms with E-state index in [1.807, 2.05) is 0 Å². The molecule has 0 saturated carbocycles. The first kappa shape index (κ1) is 15.8. The molecule has 0 aliphatic rings. The normalized spacial score (nSPS) is 9.67. The van der Waals surface area contributed by atoms with E-state index in [9.17, 15) is 14.4 Å². The number of ketones is 1. The number of carbonyl (C=O) groups excluding carboxylic acids is 3. The standard InChI is InChI=1S/C13H16O5/c1-4-10(14)8-7-9-11(12(15)17-5-2)13(16)18-6-3/h4,7-9H,1,5-6H2,2-3H3/b8-7+. The summed E-state index contributed by atoms with van der Waals surface area (Å²) in [5.74, 6) is -1.91. The van der Waals surface area contributed by atoms with E-state index < -0.39 is 11.9 Å². The number of ether oxygens (including phenoxy) is 2. The van der Waals surface area contributed by atoms with Gasteiger partial charge in [0.25, 0.3) is 0 Å². The lowest BCUT2D eigenvalue weighted by Gasteiger charge is -2.05. The number of allylic oxidation sites excluding steroid dienone is 4. The van der Waals surface area contributed by atoms with Gasteiger partial charge in [-0.2, -0.15) is 0 Å². The molecule has 0 N–H and O–H groups in total. The molecule has 0 heterocycles. The molecule has 0 bridgehead atoms. The lowest BCUT2D eigenvalue weighted by molar-refractivity contribution is -0.146. The molecule has 5 nitrogen and oxygen atoms in total. The van der Waals surface area contributed by atoms with E-state index >= 15 is 0 Å². The van der Waals surface area contributed by atoms with Gasteiger partial charge in [-0.05, 0) is 32.1 Å². The second kappa shape index (κ2) is 8.92. The predicted octanol–water partition coefficient (Wildman–Crippen LogP) is 1.35. The van der Waals surface area contributed by atoms with Crippen molar-refractivity contribution in [3.63, 3.8) is 0 Å². The molecule has 0 aromatic heterocycles. The van der Waals surface area contributed by atoms with Crippen LogP contribution in [0.3, 0.4) is 0 Å². The third-order valence-corrected chi connectivity index (χ3v) is 1.72. The summed E-state index contributed by atoms with van der Waals surface area (Å²) in [4.78, 5) is 33.9. The highest BCUT2D eigenvalue weighted by molar-refractivity contribution is 6.14. The predicted molar refractivity (Wildman–Crippen MR) is 65.7 cm³/mol. The van der Waals surface area contributed by atoms with Crippen molar-refractivity contribution < 1.29 is 23.9 Å². The third-order valence-electron chi connectivity index (χ3n) is 1.72. The van der Waals surface area contributed by atoms with E-state index in [0.29, 0.717) is 0 Å². The summed E-state index contributed by atoms with van der Waals surface area (Å²) in [7, 11) is 0. The van der Waals surface area contributed by atoms with Crippen molar-refractivity contribution in [2.75, 3.05) is 13.2 Å². The topological polar surface area (TPSA) is 69.7 Å². The van der Waals surface area contributed by atoms with Crippen molar-refractivity contribution in [3.8, 4) is 0 Å². The average molecular weight is 252 g/mol. The molecule has 0 aliphatic carbocycles. The molecule has 0 spiro atoms. The molecule has 0 fully saturated rings. The van der Waals surface area contributed by atoms with Gasteiger partial charge in [0.2, 0.25) is 0 Å². The van der Waals surface area contributed by atoms with Gasteiger partial charge in [-0.15, -0.1) is 0 Å². The van der Waals surface area contributed by atoms with Crippen LogP contribution in [0.15, 0.2) is 36.5 Å². The zero-order valence-corrected chi connectivity index (χ0v) is 10.5. The van der Waals surface area contributed by atoms with E-state index in [1.165, 1.54) is 18.2 Å². The number of hydrogen-bond donors (Lipinski definition) is 0. The van der Waals surface area contributed by atoms with Crippen molar-refractivity contribution in [1.82, 2.24) is 0 Å². The fourth-order valence-electron chi connectivity index (χ4n) is 0.944. The first-order valence-corrected chi connectivity index (χ1v) is 5.45. The van der Waals surface area contributed by atoms with Crippen LogP contribution in [0.2, 0.25) is 0 Å². The summed E-state index contributed by atoms with van der Waals surface area (Å²) in [5.41, 5.74) is -0.258. The number of hydrogen-bond acceptors (Lipinski definition) is 5. The maximum absolute atomic E-state index is 11.5. The van der Waals surface area contributed by atoms with Crippen molar-refractivity contribution in [1.29, 1.82) is 0 Å². The third kappa shape index (κ3) is 5.79. The van der Waals surface area contributed by atoms with Crippen LogP contribution < -0.4 is 0 Å². The fraction of sp³-hybridized carbons (Fsp3) is 0.308. The van der Waals surface area contributed by atoms with Gasteiger partial charge in [0, 0.05) is 0 Å². The van der Waals surface area contributed by atoms with Crippen LogP contribution in [-0.4, -0.2) is 30.9 Å². The molecule has 5 heteroatoms. The van der Waals surface area contributed by atoms with Crippen molar-refractivity contribution in [3.05, 3.63) is 36.5 Å². The highest BCUT2D eigenvalue weighted by Crippen LogP contribution is 2.03. The quantitative estimate of drug-likeness (QED) is 0.225. The molecule has 0 saturated heterocycles. The molecule has 0 atom stereocenters. The SMILES string of the molecule is C=CC(=O)/C=C/C=C(C(=O)OCC)C(=O)OCC. The van der Waals surface area contributed by atoms with Gasteiger partial charge >= 0.3 is 11.9 Å². The maximum atomic E-state index is 11.5. The van der Waals surface area contributed by atoms with Crippen LogP contribution in [0.4, 0.5) is 0 Å². The molecule has 0 radical (unpaired) electrons. The summed E-state index contributed by atoms with van der Waals surface area (Å²) < 4.78 is 9.42. The number of carbonyl (C=O) groups is 3. The molecule has 0 aliphatic heterocycles. The highest BCUT2D eigenvalue weighted by atomic mass is 16.6. The van der Waals surface area contributed by atoms with E-state index in [0.717, 1.165) is 6.08 Å². The van der Waals surface area contributed by atoms with Crippen molar-refractivity contribution in [2.45, 2.75) is 13.8 Å². The fourth-order valence-corrected chi connectivity index (χ4v) is 0.944. The Balaban J connectivity index is 4.96. The zero-order valence-electron chi connectivity index (χ0n) is 10.5. The van der Waals surface area contributed by atoms with E-state index in [1.54, 1.807) is 13.8 Å². The van der Waals surface area contributed by atoms with E-state index in [4.69, 9.17) is 9.47 Å². The molecule has 0 aromatic rings. The monoisotopic (exact) mass is 252 g/mol. The summed E-state index contributed by atoms with van der Waals surface area (Å²) in [6.45, 7) is 6.82. The van der Waals surface area contributed by atoms with Crippen LogP contribution in [0.25, 0.3) is 0 Å². The van der Waals surface area contributed by atoms with Gasteiger partial charge in [0.05, 0.1) is 13.2 Å². The van der Waals surface area contributed by atoms with Crippen molar-refractivity contribution in [2.24, 2.45) is 0 Å². The smallest absolute Gasteiger partial charge is 0.345 e.